The van der Waals surface area contributed by atoms with Gasteiger partial charge < -0.3 is 10.7 Å². The Labute approximate surface area is 58.8 Å². The molecule has 0 saturated carbocycles. The summed E-state index contributed by atoms with van der Waals surface area (Å²) in [5, 5.41) is 9.80. The van der Waals surface area contributed by atoms with Crippen molar-refractivity contribution in [2.75, 3.05) is 12.4 Å². The van der Waals surface area contributed by atoms with Crippen LogP contribution in [0.5, 0.6) is 0 Å². The summed E-state index contributed by atoms with van der Waals surface area (Å²) in [6.45, 7) is 0. The zero-order valence-electron chi connectivity index (χ0n) is 5.63. The fraction of sp³-hybridized carbons (Fsp3) is 0.167. The molecule has 4 heteroatoms. The molecule has 1 rings (SSSR count). The first-order valence-electron chi connectivity index (χ1n) is 2.86. The molecule has 0 aliphatic rings. The maximum Gasteiger partial charge on any atom is 0.116 e. The third kappa shape index (κ3) is 1.10. The molecule has 0 aliphatic heterocycles. The standard InChI is InChI=1S/C6H8N4/c1-8-6-3-9-4-10-5(6)2-7/h2-4,7-8H,1H3. The molecule has 0 amide bonds. The Hall–Kier alpha value is -1.45. The molecular formula is C6H8N4. The van der Waals surface area contributed by atoms with E-state index in [9.17, 15) is 0 Å². The summed E-state index contributed by atoms with van der Waals surface area (Å²) in [5.74, 6) is 0. The van der Waals surface area contributed by atoms with Gasteiger partial charge in [0, 0.05) is 13.3 Å². The van der Waals surface area contributed by atoms with Gasteiger partial charge in [0.05, 0.1) is 11.9 Å². The van der Waals surface area contributed by atoms with Crippen LogP contribution in [0.4, 0.5) is 5.69 Å². The van der Waals surface area contributed by atoms with Crippen LogP contribution in [0.2, 0.25) is 0 Å². The van der Waals surface area contributed by atoms with Crippen molar-refractivity contribution >= 4 is 11.9 Å². The average molecular weight is 136 g/mol. The molecule has 1 aromatic rings. The van der Waals surface area contributed by atoms with Crippen LogP contribution < -0.4 is 5.32 Å². The molecule has 0 unspecified atom stereocenters. The van der Waals surface area contributed by atoms with Crippen LogP contribution in [0, 0.1) is 5.41 Å². The molecule has 0 saturated heterocycles. The Morgan fingerprint density at radius 3 is 3.00 bits per heavy atom. The second kappa shape index (κ2) is 2.91. The highest BCUT2D eigenvalue weighted by atomic mass is 14.9. The van der Waals surface area contributed by atoms with E-state index in [1.54, 1.807) is 13.2 Å². The van der Waals surface area contributed by atoms with E-state index in [0.29, 0.717) is 5.69 Å². The van der Waals surface area contributed by atoms with Gasteiger partial charge in [-0.05, 0) is 0 Å². The molecule has 2 N–H and O–H groups in total. The number of rotatable bonds is 2. The van der Waals surface area contributed by atoms with Crippen molar-refractivity contribution in [3.05, 3.63) is 18.2 Å². The largest absolute Gasteiger partial charge is 0.385 e. The Balaban J connectivity index is 3.08. The van der Waals surface area contributed by atoms with E-state index in [-0.39, 0.29) is 0 Å². The molecule has 0 spiro atoms. The molecule has 10 heavy (non-hydrogen) atoms. The molecule has 0 bridgehead atoms. The maximum atomic E-state index is 6.93. The van der Waals surface area contributed by atoms with Crippen LogP contribution in [-0.2, 0) is 0 Å². The van der Waals surface area contributed by atoms with Crippen molar-refractivity contribution < 1.29 is 0 Å². The lowest BCUT2D eigenvalue weighted by Crippen LogP contribution is -1.97. The van der Waals surface area contributed by atoms with Crippen LogP contribution in [0.25, 0.3) is 0 Å². The zero-order chi connectivity index (χ0) is 7.40. The molecule has 0 atom stereocenters. The van der Waals surface area contributed by atoms with Crippen molar-refractivity contribution in [3.8, 4) is 0 Å². The lowest BCUT2D eigenvalue weighted by Gasteiger charge is -1.99. The smallest absolute Gasteiger partial charge is 0.116 e. The predicted octanol–water partition coefficient (Wildman–Crippen LogP) is 0.516. The lowest BCUT2D eigenvalue weighted by molar-refractivity contribution is 1.15. The Morgan fingerprint density at radius 2 is 2.50 bits per heavy atom. The molecule has 0 aliphatic carbocycles. The zero-order valence-corrected chi connectivity index (χ0v) is 5.63. The van der Waals surface area contributed by atoms with Gasteiger partial charge in [0.2, 0.25) is 0 Å². The van der Waals surface area contributed by atoms with Crippen LogP contribution in [0.3, 0.4) is 0 Å². The minimum atomic E-state index is 0.609. The van der Waals surface area contributed by atoms with Crippen LogP contribution >= 0.6 is 0 Å². The molecule has 0 fully saturated rings. The first-order chi connectivity index (χ1) is 4.88. The van der Waals surface area contributed by atoms with E-state index in [4.69, 9.17) is 5.41 Å². The summed E-state index contributed by atoms with van der Waals surface area (Å²) in [7, 11) is 1.77. The summed E-state index contributed by atoms with van der Waals surface area (Å²) in [6.07, 6.45) is 4.24. The van der Waals surface area contributed by atoms with E-state index in [2.05, 4.69) is 15.3 Å². The van der Waals surface area contributed by atoms with E-state index in [1.165, 1.54) is 12.5 Å². The fourth-order valence-electron chi connectivity index (χ4n) is 0.647. The van der Waals surface area contributed by atoms with Gasteiger partial charge in [-0.25, -0.2) is 9.97 Å². The second-order valence-electron chi connectivity index (χ2n) is 1.72. The van der Waals surface area contributed by atoms with Crippen molar-refractivity contribution in [2.24, 2.45) is 0 Å². The van der Waals surface area contributed by atoms with Gasteiger partial charge >= 0.3 is 0 Å². The van der Waals surface area contributed by atoms with Crippen molar-refractivity contribution in [2.45, 2.75) is 0 Å². The normalized spacial score (nSPS) is 8.90. The van der Waals surface area contributed by atoms with Gasteiger partial charge in [-0.15, -0.1) is 0 Å². The summed E-state index contributed by atoms with van der Waals surface area (Å²) < 4.78 is 0. The second-order valence-corrected chi connectivity index (χ2v) is 1.72. The van der Waals surface area contributed by atoms with Crippen molar-refractivity contribution in [1.82, 2.24) is 9.97 Å². The van der Waals surface area contributed by atoms with Gasteiger partial charge in [0.25, 0.3) is 0 Å². The monoisotopic (exact) mass is 136 g/mol. The highest BCUT2D eigenvalue weighted by Gasteiger charge is 1.95. The summed E-state index contributed by atoms with van der Waals surface area (Å²) in [6, 6.07) is 0. The molecule has 0 radical (unpaired) electrons. The van der Waals surface area contributed by atoms with Gasteiger partial charge in [0.1, 0.15) is 12.0 Å². The van der Waals surface area contributed by atoms with E-state index >= 15 is 0 Å². The Kier molecular flexibility index (Phi) is 1.94. The molecule has 0 aromatic carbocycles. The van der Waals surface area contributed by atoms with Crippen molar-refractivity contribution in [1.29, 1.82) is 5.41 Å². The summed E-state index contributed by atoms with van der Waals surface area (Å²) >= 11 is 0. The van der Waals surface area contributed by atoms with Gasteiger partial charge in [0.15, 0.2) is 0 Å². The Morgan fingerprint density at radius 1 is 1.70 bits per heavy atom. The van der Waals surface area contributed by atoms with Crippen molar-refractivity contribution in [3.63, 3.8) is 0 Å². The average Bonchev–Trinajstić information content (AvgIpc) is 2.04. The highest BCUT2D eigenvalue weighted by Crippen LogP contribution is 2.04. The van der Waals surface area contributed by atoms with Crippen LogP contribution in [-0.4, -0.2) is 23.2 Å². The van der Waals surface area contributed by atoms with E-state index < -0.39 is 0 Å². The molecule has 52 valence electrons. The quantitative estimate of drug-likeness (QED) is 0.582. The molecule has 4 nitrogen and oxygen atoms in total. The Bertz CT molecular complexity index is 233. The summed E-state index contributed by atoms with van der Waals surface area (Å²) in [4.78, 5) is 7.64. The SMILES string of the molecule is CNc1cncnc1C=N. The molecule has 1 heterocycles. The highest BCUT2D eigenvalue weighted by molar-refractivity contribution is 5.82. The third-order valence-electron chi connectivity index (χ3n) is 1.15. The topological polar surface area (TPSA) is 61.7 Å². The van der Waals surface area contributed by atoms with Gasteiger partial charge in [-0.2, -0.15) is 0 Å². The van der Waals surface area contributed by atoms with Gasteiger partial charge in [-0.3, -0.25) is 0 Å². The number of nitrogens with zero attached hydrogens (tertiary/aromatic N) is 2. The summed E-state index contributed by atoms with van der Waals surface area (Å²) in [5.41, 5.74) is 1.38. The fourth-order valence-corrected chi connectivity index (χ4v) is 0.647. The number of hydrogen-bond acceptors (Lipinski definition) is 4. The van der Waals surface area contributed by atoms with Crippen LogP contribution in [0.1, 0.15) is 5.69 Å². The van der Waals surface area contributed by atoms with Gasteiger partial charge in [-0.1, -0.05) is 0 Å². The van der Waals surface area contributed by atoms with E-state index in [0.717, 1.165) is 5.69 Å². The van der Waals surface area contributed by atoms with Crippen LogP contribution in [0.15, 0.2) is 12.5 Å². The number of hydrogen-bond donors (Lipinski definition) is 2. The number of aromatic nitrogens is 2. The number of nitrogens with one attached hydrogen (secondary N) is 2. The van der Waals surface area contributed by atoms with E-state index in [1.807, 2.05) is 0 Å². The molecule has 1 aromatic heterocycles. The minimum absolute atomic E-state index is 0.609. The molecular weight excluding hydrogens is 128 g/mol. The maximum absolute atomic E-state index is 6.93. The minimum Gasteiger partial charge on any atom is -0.385 e. The predicted molar refractivity (Wildman–Crippen MR) is 39.5 cm³/mol. The number of anilines is 1. The third-order valence-corrected chi connectivity index (χ3v) is 1.15. The first-order valence-corrected chi connectivity index (χ1v) is 2.86. The lowest BCUT2D eigenvalue weighted by atomic mass is 10.4. The first kappa shape index (κ1) is 6.67.